The van der Waals surface area contributed by atoms with Crippen LogP contribution in [-0.2, 0) is 9.84 Å². The minimum atomic E-state index is -3.45. The fourth-order valence-corrected chi connectivity index (χ4v) is 4.01. The van der Waals surface area contributed by atoms with E-state index in [1.807, 2.05) is 0 Å². The van der Waals surface area contributed by atoms with Gasteiger partial charge in [0.15, 0.2) is 14.9 Å². The molecule has 0 fully saturated rings. The topological polar surface area (TPSA) is 56.3 Å². The van der Waals surface area contributed by atoms with E-state index in [1.165, 1.54) is 6.20 Å². The summed E-state index contributed by atoms with van der Waals surface area (Å²) in [6.45, 7) is 1.80. The molecule has 0 radical (unpaired) electrons. The average Bonchev–Trinajstić information content (AvgIpc) is 2.45. The Morgan fingerprint density at radius 2 is 2.10 bits per heavy atom. The molecule has 1 atom stereocenters. The van der Waals surface area contributed by atoms with E-state index in [2.05, 4.69) is 4.98 Å². The number of fused-ring (bicyclic) bond motifs is 1. The van der Waals surface area contributed by atoms with E-state index >= 15 is 0 Å². The molecule has 0 aliphatic heterocycles. The van der Waals surface area contributed by atoms with Crippen molar-refractivity contribution >= 4 is 32.2 Å². The van der Waals surface area contributed by atoms with Crippen molar-refractivity contribution in [2.45, 2.75) is 11.9 Å². The predicted molar refractivity (Wildman–Crippen MR) is 80.2 cm³/mol. The summed E-state index contributed by atoms with van der Waals surface area (Å²) in [6, 6.07) is 7.01. The van der Waals surface area contributed by atoms with Crippen LogP contribution in [0, 0.1) is 5.92 Å². The van der Waals surface area contributed by atoms with Gasteiger partial charge in [-0.3, -0.25) is 0 Å². The molecule has 0 bridgehead atoms. The predicted octanol–water partition coefficient (Wildman–Crippen LogP) is 2.89. The molecule has 1 heterocycles. The smallest absolute Gasteiger partial charge is 0.196 e. The molecule has 0 aliphatic carbocycles. The lowest BCUT2D eigenvalue weighted by molar-refractivity contribution is 0.415. The molecule has 0 N–H and O–H groups in total. The van der Waals surface area contributed by atoms with Crippen LogP contribution in [0.25, 0.3) is 10.8 Å². The van der Waals surface area contributed by atoms with Crippen molar-refractivity contribution in [3.05, 3.63) is 30.5 Å². The van der Waals surface area contributed by atoms with Crippen LogP contribution in [0.4, 0.5) is 0 Å². The number of aromatic nitrogens is 1. The summed E-state index contributed by atoms with van der Waals surface area (Å²) in [5.74, 6) is 0.866. The number of methoxy groups -OCH3 is 1. The lowest BCUT2D eigenvalue weighted by Crippen LogP contribution is -2.16. The SMILES string of the molecule is COc1ccc2c(S(=O)(=O)CC(C)CCl)nccc2c1. The number of nitrogens with zero attached hydrogens (tertiary/aromatic N) is 1. The monoisotopic (exact) mass is 313 g/mol. The Balaban J connectivity index is 2.54. The fraction of sp³-hybridized carbons (Fsp3) is 0.357. The molecule has 2 rings (SSSR count). The number of hydrogen-bond acceptors (Lipinski definition) is 4. The number of ether oxygens (including phenoxy) is 1. The van der Waals surface area contributed by atoms with Crippen LogP contribution in [0.1, 0.15) is 6.92 Å². The van der Waals surface area contributed by atoms with Gasteiger partial charge in [-0.15, -0.1) is 11.6 Å². The van der Waals surface area contributed by atoms with E-state index < -0.39 is 9.84 Å². The van der Waals surface area contributed by atoms with Crippen LogP contribution in [0.5, 0.6) is 5.75 Å². The van der Waals surface area contributed by atoms with Crippen LogP contribution < -0.4 is 4.74 Å². The van der Waals surface area contributed by atoms with Gasteiger partial charge in [-0.1, -0.05) is 6.92 Å². The number of benzene rings is 1. The van der Waals surface area contributed by atoms with E-state index in [1.54, 1.807) is 38.3 Å². The molecular formula is C14H16ClNO3S. The molecule has 0 amide bonds. The van der Waals surface area contributed by atoms with E-state index in [4.69, 9.17) is 16.3 Å². The first-order chi connectivity index (χ1) is 9.47. The van der Waals surface area contributed by atoms with Crippen molar-refractivity contribution < 1.29 is 13.2 Å². The summed E-state index contributed by atoms with van der Waals surface area (Å²) >= 11 is 5.70. The van der Waals surface area contributed by atoms with Crippen LogP contribution in [0.15, 0.2) is 35.5 Å². The molecule has 6 heteroatoms. The Morgan fingerprint density at radius 1 is 1.35 bits per heavy atom. The minimum absolute atomic E-state index is 0.00531. The standard InChI is InChI=1S/C14H16ClNO3S/c1-10(8-15)9-20(17,18)14-13-4-3-12(19-2)7-11(13)5-6-16-14/h3-7,10H,8-9H2,1-2H3. The highest BCUT2D eigenvalue weighted by Crippen LogP contribution is 2.26. The first kappa shape index (κ1) is 15.1. The molecule has 1 aromatic heterocycles. The molecule has 1 unspecified atom stereocenters. The highest BCUT2D eigenvalue weighted by molar-refractivity contribution is 7.91. The van der Waals surface area contributed by atoms with Gasteiger partial charge in [0.25, 0.3) is 0 Å². The molecule has 4 nitrogen and oxygen atoms in total. The zero-order valence-electron chi connectivity index (χ0n) is 11.3. The lowest BCUT2D eigenvalue weighted by Gasteiger charge is -2.11. The van der Waals surface area contributed by atoms with Crippen LogP contribution in [0.3, 0.4) is 0 Å². The van der Waals surface area contributed by atoms with Crippen molar-refractivity contribution in [3.8, 4) is 5.75 Å². The van der Waals surface area contributed by atoms with Crippen molar-refractivity contribution in [3.63, 3.8) is 0 Å². The third-order valence-electron chi connectivity index (χ3n) is 3.00. The van der Waals surface area contributed by atoms with Gasteiger partial charge < -0.3 is 4.74 Å². The van der Waals surface area contributed by atoms with Gasteiger partial charge in [0.2, 0.25) is 0 Å². The van der Waals surface area contributed by atoms with Gasteiger partial charge in [0, 0.05) is 17.5 Å². The van der Waals surface area contributed by atoms with E-state index in [0.717, 1.165) is 5.39 Å². The number of sulfone groups is 1. The molecule has 20 heavy (non-hydrogen) atoms. The molecule has 0 saturated heterocycles. The fourth-order valence-electron chi connectivity index (χ4n) is 2.00. The zero-order chi connectivity index (χ0) is 14.8. The first-order valence-electron chi connectivity index (χ1n) is 6.19. The van der Waals surface area contributed by atoms with Crippen LogP contribution >= 0.6 is 11.6 Å². The maximum Gasteiger partial charge on any atom is 0.196 e. The van der Waals surface area contributed by atoms with Crippen LogP contribution in [-0.4, -0.2) is 32.1 Å². The lowest BCUT2D eigenvalue weighted by atomic mass is 10.2. The van der Waals surface area contributed by atoms with Crippen LogP contribution in [0.2, 0.25) is 0 Å². The van der Waals surface area contributed by atoms with Gasteiger partial charge >= 0.3 is 0 Å². The maximum absolute atomic E-state index is 12.4. The Labute approximate surface area is 123 Å². The molecule has 108 valence electrons. The van der Waals surface area contributed by atoms with Gasteiger partial charge in [-0.2, -0.15) is 0 Å². The summed E-state index contributed by atoms with van der Waals surface area (Å²) in [5.41, 5.74) is 0. The third-order valence-corrected chi connectivity index (χ3v) is 5.45. The van der Waals surface area contributed by atoms with Gasteiger partial charge in [0.1, 0.15) is 5.75 Å². The highest BCUT2D eigenvalue weighted by atomic mass is 35.5. The van der Waals surface area contributed by atoms with Crippen molar-refractivity contribution in [1.29, 1.82) is 0 Å². The normalized spacial score (nSPS) is 13.3. The first-order valence-corrected chi connectivity index (χ1v) is 8.38. The molecule has 2 aromatic rings. The average molecular weight is 314 g/mol. The van der Waals surface area contributed by atoms with Gasteiger partial charge in [-0.05, 0) is 35.6 Å². The number of pyridine rings is 1. The summed E-state index contributed by atoms with van der Waals surface area (Å²) in [5, 5.41) is 1.50. The Hall–Kier alpha value is -1.33. The minimum Gasteiger partial charge on any atom is -0.497 e. The van der Waals surface area contributed by atoms with E-state index in [-0.39, 0.29) is 16.7 Å². The Kier molecular flexibility index (Phi) is 4.50. The largest absolute Gasteiger partial charge is 0.497 e. The highest BCUT2D eigenvalue weighted by Gasteiger charge is 2.22. The zero-order valence-corrected chi connectivity index (χ0v) is 12.9. The second kappa shape index (κ2) is 5.97. The number of rotatable bonds is 5. The van der Waals surface area contributed by atoms with Gasteiger partial charge in [-0.25, -0.2) is 13.4 Å². The van der Waals surface area contributed by atoms with Gasteiger partial charge in [0.05, 0.1) is 12.9 Å². The molecule has 0 spiro atoms. The Morgan fingerprint density at radius 3 is 2.75 bits per heavy atom. The molecule has 0 saturated carbocycles. The second-order valence-corrected chi connectivity index (χ2v) is 7.00. The molecule has 1 aromatic carbocycles. The van der Waals surface area contributed by atoms with Crippen molar-refractivity contribution in [2.75, 3.05) is 18.7 Å². The summed E-state index contributed by atoms with van der Waals surface area (Å²) in [6.07, 6.45) is 1.50. The second-order valence-electron chi connectivity index (χ2n) is 4.74. The number of halogens is 1. The van der Waals surface area contributed by atoms with E-state index in [0.29, 0.717) is 17.0 Å². The number of hydrogen-bond donors (Lipinski definition) is 0. The maximum atomic E-state index is 12.4. The summed E-state index contributed by atoms with van der Waals surface area (Å²) in [4.78, 5) is 4.05. The Bertz CT molecular complexity index is 715. The number of alkyl halides is 1. The van der Waals surface area contributed by atoms with Crippen molar-refractivity contribution in [1.82, 2.24) is 4.98 Å². The summed E-state index contributed by atoms with van der Waals surface area (Å²) in [7, 11) is -1.88. The molecular weight excluding hydrogens is 298 g/mol. The van der Waals surface area contributed by atoms with Crippen molar-refractivity contribution in [2.24, 2.45) is 5.92 Å². The summed E-state index contributed by atoms with van der Waals surface area (Å²) < 4.78 is 30.0. The molecule has 0 aliphatic rings. The third kappa shape index (κ3) is 3.04. The quantitative estimate of drug-likeness (QED) is 0.796. The van der Waals surface area contributed by atoms with E-state index in [9.17, 15) is 8.42 Å².